The maximum atomic E-state index is 10.3. The van der Waals surface area contributed by atoms with Crippen molar-refractivity contribution in [2.24, 2.45) is 0 Å². The molecule has 0 saturated heterocycles. The Hall–Kier alpha value is -1.58. The molecule has 0 radical (unpaired) electrons. The maximum absolute atomic E-state index is 10.3. The number of nitro groups is 1. The first-order chi connectivity index (χ1) is 5.77. The van der Waals surface area contributed by atoms with Gasteiger partial charge in [0.05, 0.1) is 4.92 Å². The van der Waals surface area contributed by atoms with Gasteiger partial charge >= 0.3 is 5.70 Å². The van der Waals surface area contributed by atoms with Crippen LogP contribution in [-0.4, -0.2) is 4.92 Å². The van der Waals surface area contributed by atoms with Crippen LogP contribution in [0.5, 0.6) is 0 Å². The lowest BCUT2D eigenvalue weighted by Gasteiger charge is -2.07. The zero-order valence-electron chi connectivity index (χ0n) is 6.32. The van der Waals surface area contributed by atoms with Gasteiger partial charge in [0.25, 0.3) is 0 Å². The van der Waals surface area contributed by atoms with Crippen molar-refractivity contribution in [3.63, 3.8) is 0 Å². The normalized spacial score (nSPS) is 20.2. The topological polar surface area (TPSA) is 52.4 Å². The molecule has 0 amide bonds. The minimum atomic E-state index is -0.442. The van der Waals surface area contributed by atoms with Crippen molar-refractivity contribution in [1.29, 1.82) is 0 Å². The van der Waals surface area contributed by atoms with E-state index in [0.29, 0.717) is 0 Å². The van der Waals surface area contributed by atoms with Crippen LogP contribution in [0, 0.1) is 10.1 Å². The number of fused-ring (bicyclic) bond motifs is 1. The summed E-state index contributed by atoms with van der Waals surface area (Å²) in [6, 6.07) is 0. The monoisotopic (exact) mass is 165 g/mol. The predicted molar refractivity (Wildman–Crippen MR) is 41.6 cm³/mol. The molecule has 0 saturated carbocycles. The van der Waals surface area contributed by atoms with E-state index in [1.54, 1.807) is 6.08 Å². The van der Waals surface area contributed by atoms with E-state index in [1.807, 2.05) is 6.08 Å². The minimum Gasteiger partial charge on any atom is -0.458 e. The molecule has 0 aromatic carbocycles. The predicted octanol–water partition coefficient (Wildman–Crippen LogP) is 1.74. The largest absolute Gasteiger partial charge is 0.458 e. The molecule has 0 bridgehead atoms. The number of ether oxygens (including phenoxy) is 1. The summed E-state index contributed by atoms with van der Waals surface area (Å²) >= 11 is 0. The highest BCUT2D eigenvalue weighted by Gasteiger charge is 2.21. The Labute approximate surface area is 69.0 Å². The highest BCUT2D eigenvalue weighted by molar-refractivity contribution is 5.38. The van der Waals surface area contributed by atoms with E-state index in [9.17, 15) is 10.1 Å². The molecule has 0 atom stereocenters. The summed E-state index contributed by atoms with van der Waals surface area (Å²) < 4.78 is 5.06. The molecule has 0 unspecified atom stereocenters. The zero-order chi connectivity index (χ0) is 8.55. The Morgan fingerprint density at radius 3 is 3.17 bits per heavy atom. The molecule has 1 aliphatic heterocycles. The molecule has 62 valence electrons. The number of hydrogen-bond donors (Lipinski definition) is 0. The fourth-order valence-electron chi connectivity index (χ4n) is 1.31. The Morgan fingerprint density at radius 2 is 2.42 bits per heavy atom. The highest BCUT2D eigenvalue weighted by atomic mass is 16.6. The Kier molecular flexibility index (Phi) is 1.46. The lowest BCUT2D eigenvalue weighted by atomic mass is 10.2. The third-order valence-corrected chi connectivity index (χ3v) is 1.90. The number of rotatable bonds is 1. The third kappa shape index (κ3) is 1.01. The van der Waals surface area contributed by atoms with Crippen molar-refractivity contribution in [3.8, 4) is 0 Å². The average Bonchev–Trinajstić information content (AvgIpc) is 2.49. The van der Waals surface area contributed by atoms with E-state index >= 15 is 0 Å². The van der Waals surface area contributed by atoms with E-state index in [1.165, 1.54) is 6.26 Å². The second kappa shape index (κ2) is 2.48. The summed E-state index contributed by atoms with van der Waals surface area (Å²) in [6.45, 7) is 0. The van der Waals surface area contributed by atoms with Crippen molar-refractivity contribution in [2.75, 3.05) is 0 Å². The number of nitrogens with zero attached hydrogens (tertiary/aromatic N) is 1. The van der Waals surface area contributed by atoms with E-state index in [4.69, 9.17) is 4.74 Å². The summed E-state index contributed by atoms with van der Waals surface area (Å²) in [5.74, 6) is 0.778. The molecule has 4 nitrogen and oxygen atoms in total. The van der Waals surface area contributed by atoms with Crippen molar-refractivity contribution >= 4 is 0 Å². The van der Waals surface area contributed by atoms with Gasteiger partial charge in [-0.2, -0.15) is 0 Å². The summed E-state index contributed by atoms with van der Waals surface area (Å²) in [5.41, 5.74) is 0.966. The summed E-state index contributed by atoms with van der Waals surface area (Å²) in [7, 11) is 0. The van der Waals surface area contributed by atoms with E-state index < -0.39 is 4.92 Å². The molecular formula is C8H7NO3. The van der Waals surface area contributed by atoms with Gasteiger partial charge in [-0.25, -0.2) is 0 Å². The smallest absolute Gasteiger partial charge is 0.304 e. The van der Waals surface area contributed by atoms with Crippen LogP contribution in [0.3, 0.4) is 0 Å². The first kappa shape index (κ1) is 7.09. The Balaban J connectivity index is 2.30. The minimum absolute atomic E-state index is 0.0315. The fourth-order valence-corrected chi connectivity index (χ4v) is 1.31. The van der Waals surface area contributed by atoms with Crippen molar-refractivity contribution < 1.29 is 9.66 Å². The van der Waals surface area contributed by atoms with Crippen LogP contribution in [0.25, 0.3) is 0 Å². The lowest BCUT2D eigenvalue weighted by molar-refractivity contribution is -0.421. The van der Waals surface area contributed by atoms with Gasteiger partial charge in [0.15, 0.2) is 6.26 Å². The Morgan fingerprint density at radius 1 is 1.58 bits per heavy atom. The van der Waals surface area contributed by atoms with Crippen molar-refractivity contribution in [3.05, 3.63) is 45.6 Å². The van der Waals surface area contributed by atoms with E-state index in [0.717, 1.165) is 24.2 Å². The van der Waals surface area contributed by atoms with Gasteiger partial charge < -0.3 is 4.74 Å². The molecule has 2 rings (SSSR count). The molecule has 2 aliphatic rings. The quantitative estimate of drug-likeness (QED) is 0.439. The molecule has 1 aliphatic carbocycles. The second-order valence-electron chi connectivity index (χ2n) is 2.69. The second-order valence-corrected chi connectivity index (χ2v) is 2.69. The van der Waals surface area contributed by atoms with Crippen LogP contribution in [0.15, 0.2) is 35.4 Å². The number of hydrogen-bond acceptors (Lipinski definition) is 3. The van der Waals surface area contributed by atoms with E-state index in [2.05, 4.69) is 0 Å². The van der Waals surface area contributed by atoms with Gasteiger partial charge in [-0.05, 0) is 18.9 Å². The molecule has 0 fully saturated rings. The van der Waals surface area contributed by atoms with Crippen molar-refractivity contribution in [1.82, 2.24) is 0 Å². The maximum Gasteiger partial charge on any atom is 0.304 e. The van der Waals surface area contributed by atoms with Gasteiger partial charge in [-0.1, -0.05) is 0 Å². The van der Waals surface area contributed by atoms with Crippen LogP contribution in [0.1, 0.15) is 12.8 Å². The van der Waals surface area contributed by atoms with Crippen LogP contribution < -0.4 is 0 Å². The molecule has 4 heteroatoms. The van der Waals surface area contributed by atoms with Crippen LogP contribution in [-0.2, 0) is 4.74 Å². The first-order valence-corrected chi connectivity index (χ1v) is 3.70. The zero-order valence-corrected chi connectivity index (χ0v) is 6.32. The van der Waals surface area contributed by atoms with E-state index in [-0.39, 0.29) is 5.70 Å². The molecule has 1 heterocycles. The van der Waals surface area contributed by atoms with Crippen molar-refractivity contribution in [2.45, 2.75) is 12.8 Å². The molecular weight excluding hydrogens is 158 g/mol. The standard InChI is InChI=1S/C8H7NO3/c10-9(11)7-4-6-2-1-3-8(6)12-5-7/h3-5H,1-2H2. The molecule has 12 heavy (non-hydrogen) atoms. The molecule has 0 N–H and O–H groups in total. The van der Waals surface area contributed by atoms with Gasteiger partial charge in [0.1, 0.15) is 5.76 Å². The molecule has 0 aromatic rings. The van der Waals surface area contributed by atoms with Gasteiger partial charge in [-0.3, -0.25) is 10.1 Å². The first-order valence-electron chi connectivity index (χ1n) is 3.70. The number of allylic oxidation sites excluding steroid dienone is 3. The van der Waals surface area contributed by atoms with Gasteiger partial charge in [-0.15, -0.1) is 0 Å². The third-order valence-electron chi connectivity index (χ3n) is 1.90. The summed E-state index contributed by atoms with van der Waals surface area (Å²) in [6.07, 6.45) is 6.46. The average molecular weight is 165 g/mol. The fraction of sp³-hybridized carbons (Fsp3) is 0.250. The van der Waals surface area contributed by atoms with Gasteiger partial charge in [0, 0.05) is 11.6 Å². The van der Waals surface area contributed by atoms with Crippen LogP contribution in [0.4, 0.5) is 0 Å². The SMILES string of the molecule is O=[N+]([O-])C1=COC2=CCCC2=C1. The lowest BCUT2D eigenvalue weighted by Crippen LogP contribution is -2.03. The van der Waals surface area contributed by atoms with Gasteiger partial charge in [0.2, 0.25) is 0 Å². The summed E-state index contributed by atoms with van der Waals surface area (Å²) in [4.78, 5) is 9.89. The molecule has 0 spiro atoms. The van der Waals surface area contributed by atoms with Crippen LogP contribution >= 0.6 is 0 Å². The molecule has 0 aromatic heterocycles. The summed E-state index contributed by atoms with van der Waals surface area (Å²) in [5, 5.41) is 10.3. The Bertz CT molecular complexity index is 325. The highest BCUT2D eigenvalue weighted by Crippen LogP contribution is 2.30. The van der Waals surface area contributed by atoms with Crippen LogP contribution in [0.2, 0.25) is 0 Å².